The highest BCUT2D eigenvalue weighted by molar-refractivity contribution is 6.31. The average molecular weight is 284 g/mol. The van der Waals surface area contributed by atoms with E-state index in [-0.39, 0.29) is 6.04 Å². The van der Waals surface area contributed by atoms with Crippen LogP contribution in [0.25, 0.3) is 0 Å². The minimum atomic E-state index is 0.251. The van der Waals surface area contributed by atoms with Gasteiger partial charge in [0, 0.05) is 11.1 Å². The molecule has 0 heterocycles. The van der Waals surface area contributed by atoms with Crippen LogP contribution < -0.4 is 10.5 Å². The highest BCUT2D eigenvalue weighted by Gasteiger charge is 2.13. The monoisotopic (exact) mass is 283 g/mol. The number of hydrogen-bond acceptors (Lipinski definition) is 2. The van der Waals surface area contributed by atoms with E-state index in [0.717, 1.165) is 54.2 Å². The number of rotatable bonds is 7. The van der Waals surface area contributed by atoms with E-state index < -0.39 is 0 Å². The fourth-order valence-electron chi connectivity index (χ4n) is 2.22. The summed E-state index contributed by atoms with van der Waals surface area (Å²) in [6.07, 6.45) is 4.09. The summed E-state index contributed by atoms with van der Waals surface area (Å²) in [7, 11) is 0. The lowest BCUT2D eigenvalue weighted by Gasteiger charge is -2.18. The first kappa shape index (κ1) is 16.3. The molecule has 0 fully saturated rings. The van der Waals surface area contributed by atoms with Gasteiger partial charge in [0.2, 0.25) is 0 Å². The average Bonchev–Trinajstić information content (AvgIpc) is 2.34. The first-order chi connectivity index (χ1) is 8.97. The van der Waals surface area contributed by atoms with Crippen LogP contribution in [0.1, 0.15) is 49.8 Å². The highest BCUT2D eigenvalue weighted by Crippen LogP contribution is 2.33. The third kappa shape index (κ3) is 4.70. The van der Waals surface area contributed by atoms with Gasteiger partial charge < -0.3 is 10.5 Å². The van der Waals surface area contributed by atoms with Crippen LogP contribution in [0.5, 0.6) is 5.75 Å². The summed E-state index contributed by atoms with van der Waals surface area (Å²) in [5.41, 5.74) is 9.33. The van der Waals surface area contributed by atoms with Crippen LogP contribution in [-0.4, -0.2) is 12.6 Å². The molecular weight excluding hydrogens is 258 g/mol. The van der Waals surface area contributed by atoms with Crippen molar-refractivity contribution in [1.29, 1.82) is 0 Å². The fraction of sp³-hybridized carbons (Fsp3) is 0.625. The molecule has 0 saturated heterocycles. The first-order valence-corrected chi connectivity index (χ1v) is 7.52. The molecule has 2 N–H and O–H groups in total. The Hall–Kier alpha value is -0.730. The van der Waals surface area contributed by atoms with Crippen molar-refractivity contribution in [3.63, 3.8) is 0 Å². The summed E-state index contributed by atoms with van der Waals surface area (Å²) >= 11 is 6.29. The van der Waals surface area contributed by atoms with Gasteiger partial charge in [-0.25, -0.2) is 0 Å². The van der Waals surface area contributed by atoms with Crippen molar-refractivity contribution in [3.05, 3.63) is 27.8 Å². The van der Waals surface area contributed by atoms with Crippen molar-refractivity contribution >= 4 is 11.6 Å². The van der Waals surface area contributed by atoms with Crippen LogP contribution in [0.15, 0.2) is 6.07 Å². The van der Waals surface area contributed by atoms with Crippen LogP contribution in [0.4, 0.5) is 0 Å². The van der Waals surface area contributed by atoms with Gasteiger partial charge in [-0.1, -0.05) is 18.5 Å². The van der Waals surface area contributed by atoms with Crippen LogP contribution >= 0.6 is 11.6 Å². The van der Waals surface area contributed by atoms with E-state index in [1.165, 1.54) is 5.56 Å². The molecule has 1 aromatic carbocycles. The molecule has 0 aliphatic carbocycles. The zero-order valence-electron chi connectivity index (χ0n) is 12.6. The molecule has 19 heavy (non-hydrogen) atoms. The number of ether oxygens (including phenoxy) is 1. The molecule has 3 heteroatoms. The standard InChI is InChI=1S/C16H26ClNO/c1-5-9-19-16-11(2)10-15(17)13(4)14(16)8-6-7-12(3)18/h10,12H,5-9,18H2,1-4H3. The van der Waals surface area contributed by atoms with Crippen molar-refractivity contribution in [2.75, 3.05) is 6.61 Å². The SMILES string of the molecule is CCCOc1c(C)cc(Cl)c(C)c1CCCC(C)N. The lowest BCUT2D eigenvalue weighted by molar-refractivity contribution is 0.311. The van der Waals surface area contributed by atoms with Crippen molar-refractivity contribution < 1.29 is 4.74 Å². The molecule has 0 radical (unpaired) electrons. The molecule has 0 aliphatic rings. The van der Waals surface area contributed by atoms with Gasteiger partial charge in [0.25, 0.3) is 0 Å². The number of aryl methyl sites for hydroxylation is 1. The van der Waals surface area contributed by atoms with Gasteiger partial charge in [-0.05, 0) is 69.2 Å². The number of nitrogens with two attached hydrogens (primary N) is 1. The number of hydrogen-bond donors (Lipinski definition) is 1. The summed E-state index contributed by atoms with van der Waals surface area (Å²) in [5.74, 6) is 1.02. The smallest absolute Gasteiger partial charge is 0.125 e. The second-order valence-corrected chi connectivity index (χ2v) is 5.73. The van der Waals surface area contributed by atoms with Gasteiger partial charge in [-0.3, -0.25) is 0 Å². The van der Waals surface area contributed by atoms with Gasteiger partial charge in [0.05, 0.1) is 6.61 Å². The predicted molar refractivity (Wildman–Crippen MR) is 83.3 cm³/mol. The summed E-state index contributed by atoms with van der Waals surface area (Å²) in [6, 6.07) is 2.25. The Balaban J connectivity index is 2.96. The topological polar surface area (TPSA) is 35.2 Å². The Kier molecular flexibility index (Phi) is 6.67. The molecule has 108 valence electrons. The Labute approximate surface area is 122 Å². The van der Waals surface area contributed by atoms with E-state index in [1.54, 1.807) is 0 Å². The maximum absolute atomic E-state index is 6.29. The maximum atomic E-state index is 6.29. The molecule has 0 aromatic heterocycles. The van der Waals surface area contributed by atoms with Crippen LogP contribution in [-0.2, 0) is 6.42 Å². The van der Waals surface area contributed by atoms with Gasteiger partial charge in [0.1, 0.15) is 5.75 Å². The van der Waals surface area contributed by atoms with Gasteiger partial charge in [-0.2, -0.15) is 0 Å². The lowest BCUT2D eigenvalue weighted by atomic mass is 9.97. The number of halogens is 1. The molecule has 1 unspecified atom stereocenters. The van der Waals surface area contributed by atoms with Gasteiger partial charge in [-0.15, -0.1) is 0 Å². The van der Waals surface area contributed by atoms with E-state index in [1.807, 2.05) is 13.0 Å². The Morgan fingerprint density at radius 1 is 1.37 bits per heavy atom. The van der Waals surface area contributed by atoms with Crippen molar-refractivity contribution in [1.82, 2.24) is 0 Å². The molecule has 2 nitrogen and oxygen atoms in total. The Bertz CT molecular complexity index is 416. The molecule has 1 atom stereocenters. The zero-order valence-corrected chi connectivity index (χ0v) is 13.3. The second kappa shape index (κ2) is 7.76. The van der Waals surface area contributed by atoms with E-state index >= 15 is 0 Å². The molecule has 1 aromatic rings. The number of benzene rings is 1. The molecule has 0 amide bonds. The van der Waals surface area contributed by atoms with Gasteiger partial charge in [0.15, 0.2) is 0 Å². The highest BCUT2D eigenvalue weighted by atomic mass is 35.5. The summed E-state index contributed by atoms with van der Waals surface area (Å²) in [4.78, 5) is 0. The molecule has 0 aliphatic heterocycles. The van der Waals surface area contributed by atoms with Crippen molar-refractivity contribution in [2.24, 2.45) is 5.73 Å². The third-order valence-corrected chi connectivity index (χ3v) is 3.72. The van der Waals surface area contributed by atoms with Gasteiger partial charge >= 0.3 is 0 Å². The molecular formula is C16H26ClNO. The predicted octanol–water partition coefficient (Wildman–Crippen LogP) is 4.42. The van der Waals surface area contributed by atoms with E-state index in [4.69, 9.17) is 22.1 Å². The lowest BCUT2D eigenvalue weighted by Crippen LogP contribution is -2.14. The van der Waals surface area contributed by atoms with Crippen molar-refractivity contribution in [2.45, 2.75) is 59.4 Å². The zero-order chi connectivity index (χ0) is 14.4. The van der Waals surface area contributed by atoms with Crippen LogP contribution in [0, 0.1) is 13.8 Å². The normalized spacial score (nSPS) is 12.5. The van der Waals surface area contributed by atoms with E-state index in [2.05, 4.69) is 20.8 Å². The molecule has 1 rings (SSSR count). The quantitative estimate of drug-likeness (QED) is 0.804. The molecule has 0 saturated carbocycles. The summed E-state index contributed by atoms with van der Waals surface area (Å²) < 4.78 is 5.92. The summed E-state index contributed by atoms with van der Waals surface area (Å²) in [6.45, 7) is 9.05. The third-order valence-electron chi connectivity index (χ3n) is 3.32. The van der Waals surface area contributed by atoms with Crippen LogP contribution in [0.2, 0.25) is 5.02 Å². The molecule has 0 bridgehead atoms. The maximum Gasteiger partial charge on any atom is 0.125 e. The fourth-order valence-corrected chi connectivity index (χ4v) is 2.50. The van der Waals surface area contributed by atoms with E-state index in [9.17, 15) is 0 Å². The Morgan fingerprint density at radius 3 is 2.63 bits per heavy atom. The summed E-state index contributed by atoms with van der Waals surface area (Å²) in [5, 5.41) is 0.831. The van der Waals surface area contributed by atoms with Crippen molar-refractivity contribution in [3.8, 4) is 5.75 Å². The minimum absolute atomic E-state index is 0.251. The largest absolute Gasteiger partial charge is 0.493 e. The second-order valence-electron chi connectivity index (χ2n) is 5.33. The minimum Gasteiger partial charge on any atom is -0.493 e. The Morgan fingerprint density at radius 2 is 2.05 bits per heavy atom. The van der Waals surface area contributed by atoms with Crippen LogP contribution in [0.3, 0.4) is 0 Å². The first-order valence-electron chi connectivity index (χ1n) is 7.14. The molecule has 0 spiro atoms. The van der Waals surface area contributed by atoms with E-state index in [0.29, 0.717) is 0 Å².